The molecule has 4 heteroatoms. The smallest absolute Gasteiger partial charge is 0.0726 e. The van der Waals surface area contributed by atoms with E-state index < -0.39 is 0 Å². The zero-order valence-electron chi connectivity index (χ0n) is 19.9. The van der Waals surface area contributed by atoms with Crippen molar-refractivity contribution in [2.75, 3.05) is 26.7 Å². The van der Waals surface area contributed by atoms with Gasteiger partial charge < -0.3 is 4.90 Å². The Morgan fingerprint density at radius 2 is 2.00 bits per heavy atom. The van der Waals surface area contributed by atoms with Crippen LogP contribution in [-0.4, -0.2) is 47.0 Å². The minimum Gasteiger partial charge on any atom is -0.372 e. The summed E-state index contributed by atoms with van der Waals surface area (Å²) in [7, 11) is 2.28. The van der Waals surface area contributed by atoms with Crippen LogP contribution in [0.2, 0.25) is 5.02 Å². The SMILES string of the molecule is C=C(CCCC)N1CCN(C)C2(CC2)C1.C=Cc1ccc2c(Cl)c3c(nc2c1)CCCC3. The highest BCUT2D eigenvalue weighted by molar-refractivity contribution is 6.36. The van der Waals surface area contributed by atoms with E-state index in [-0.39, 0.29) is 0 Å². The molecule has 0 amide bonds. The largest absolute Gasteiger partial charge is 0.372 e. The summed E-state index contributed by atoms with van der Waals surface area (Å²) < 4.78 is 0. The molecule has 0 N–H and O–H groups in total. The van der Waals surface area contributed by atoms with E-state index in [9.17, 15) is 0 Å². The number of aromatic nitrogens is 1. The molecule has 0 atom stereocenters. The van der Waals surface area contributed by atoms with Crippen LogP contribution in [0, 0.1) is 0 Å². The number of nitrogens with zero attached hydrogens (tertiary/aromatic N) is 3. The van der Waals surface area contributed by atoms with Gasteiger partial charge in [-0.25, -0.2) is 0 Å². The minimum absolute atomic E-state index is 0.535. The van der Waals surface area contributed by atoms with Crippen LogP contribution in [0.1, 0.15) is 68.7 Å². The lowest BCUT2D eigenvalue weighted by Crippen LogP contribution is -2.52. The second kappa shape index (κ2) is 9.97. The Balaban J connectivity index is 0.000000155. The number of aryl methyl sites for hydroxylation is 1. The fourth-order valence-corrected chi connectivity index (χ4v) is 5.43. The van der Waals surface area contributed by atoms with Crippen LogP contribution in [0.4, 0.5) is 0 Å². The molecule has 0 unspecified atom stereocenters. The lowest BCUT2D eigenvalue weighted by atomic mass is 9.94. The molecular formula is C28H38ClN3. The minimum atomic E-state index is 0.535. The zero-order chi connectivity index (χ0) is 22.7. The third-order valence-corrected chi connectivity index (χ3v) is 7.98. The van der Waals surface area contributed by atoms with Gasteiger partial charge in [0.25, 0.3) is 0 Å². The third kappa shape index (κ3) is 4.89. The first-order valence-corrected chi connectivity index (χ1v) is 12.7. The Bertz CT molecular complexity index is 992. The topological polar surface area (TPSA) is 19.4 Å². The van der Waals surface area contributed by atoms with E-state index in [1.165, 1.54) is 81.5 Å². The summed E-state index contributed by atoms with van der Waals surface area (Å²) in [5.41, 5.74) is 6.45. The molecule has 0 bridgehead atoms. The highest BCUT2D eigenvalue weighted by atomic mass is 35.5. The maximum absolute atomic E-state index is 6.49. The summed E-state index contributed by atoms with van der Waals surface area (Å²) >= 11 is 6.49. The van der Waals surface area contributed by atoms with Gasteiger partial charge in [-0.1, -0.05) is 56.3 Å². The van der Waals surface area contributed by atoms with Gasteiger partial charge in [0, 0.05) is 42.0 Å². The predicted molar refractivity (Wildman–Crippen MR) is 138 cm³/mol. The van der Waals surface area contributed by atoms with E-state index in [1.54, 1.807) is 0 Å². The number of likely N-dealkylation sites (N-methyl/N-ethyl adjacent to an activating group) is 1. The molecule has 1 saturated heterocycles. The summed E-state index contributed by atoms with van der Waals surface area (Å²) in [5.74, 6) is 0. The van der Waals surface area contributed by atoms with E-state index in [1.807, 2.05) is 12.1 Å². The van der Waals surface area contributed by atoms with Gasteiger partial charge >= 0.3 is 0 Å². The van der Waals surface area contributed by atoms with Crippen molar-refractivity contribution < 1.29 is 0 Å². The van der Waals surface area contributed by atoms with Gasteiger partial charge in [-0.15, -0.1) is 0 Å². The molecule has 32 heavy (non-hydrogen) atoms. The molecule has 1 aromatic heterocycles. The summed E-state index contributed by atoms with van der Waals surface area (Å²) in [4.78, 5) is 9.84. The number of piperazine rings is 1. The number of unbranched alkanes of at least 4 members (excludes halogenated alkanes) is 1. The van der Waals surface area contributed by atoms with Crippen LogP contribution in [0.3, 0.4) is 0 Å². The first-order chi connectivity index (χ1) is 15.5. The Hall–Kier alpha value is -1.84. The molecule has 3 nitrogen and oxygen atoms in total. The average Bonchev–Trinajstić information content (AvgIpc) is 3.59. The Kier molecular flexibility index (Phi) is 7.27. The van der Waals surface area contributed by atoms with Gasteiger partial charge in [0.1, 0.15) is 0 Å². The quantitative estimate of drug-likeness (QED) is 0.493. The summed E-state index contributed by atoms with van der Waals surface area (Å²) in [6.45, 7) is 13.9. The lowest BCUT2D eigenvalue weighted by Gasteiger charge is -2.42. The molecule has 1 spiro atoms. The Labute approximate surface area is 199 Å². The van der Waals surface area contributed by atoms with Crippen LogP contribution in [-0.2, 0) is 12.8 Å². The maximum Gasteiger partial charge on any atom is 0.0726 e. The second-order valence-corrected chi connectivity index (χ2v) is 10.2. The third-order valence-electron chi connectivity index (χ3n) is 7.55. The van der Waals surface area contributed by atoms with E-state index in [0.29, 0.717) is 5.54 Å². The van der Waals surface area contributed by atoms with E-state index in [2.05, 4.69) is 49.1 Å². The second-order valence-electron chi connectivity index (χ2n) is 9.78. The molecule has 2 aromatic rings. The Morgan fingerprint density at radius 3 is 2.72 bits per heavy atom. The first-order valence-electron chi connectivity index (χ1n) is 12.3. The van der Waals surface area contributed by atoms with Gasteiger partial charge in [-0.05, 0) is 75.6 Å². The molecule has 3 aliphatic rings. The maximum atomic E-state index is 6.49. The molecule has 172 valence electrons. The van der Waals surface area contributed by atoms with Gasteiger partial charge in [0.2, 0.25) is 0 Å². The molecule has 1 aliphatic heterocycles. The molecule has 1 aromatic carbocycles. The van der Waals surface area contributed by atoms with Crippen molar-refractivity contribution in [3.8, 4) is 0 Å². The van der Waals surface area contributed by atoms with E-state index in [0.717, 1.165) is 34.3 Å². The number of rotatable bonds is 5. The number of halogens is 1. The van der Waals surface area contributed by atoms with Crippen molar-refractivity contribution in [3.05, 3.63) is 58.9 Å². The van der Waals surface area contributed by atoms with E-state index in [4.69, 9.17) is 16.6 Å². The van der Waals surface area contributed by atoms with Crippen molar-refractivity contribution in [3.63, 3.8) is 0 Å². The predicted octanol–water partition coefficient (Wildman–Crippen LogP) is 6.88. The fourth-order valence-electron chi connectivity index (χ4n) is 5.07. The Morgan fingerprint density at radius 1 is 1.22 bits per heavy atom. The highest BCUT2D eigenvalue weighted by Gasteiger charge is 2.49. The van der Waals surface area contributed by atoms with Crippen molar-refractivity contribution in [2.24, 2.45) is 0 Å². The zero-order valence-corrected chi connectivity index (χ0v) is 20.7. The summed E-state index contributed by atoms with van der Waals surface area (Å²) in [6.07, 6.45) is 13.0. The van der Waals surface area contributed by atoms with Crippen LogP contribution in [0.25, 0.3) is 17.0 Å². The number of benzene rings is 1. The van der Waals surface area contributed by atoms with Crippen molar-refractivity contribution in [1.29, 1.82) is 0 Å². The molecule has 2 aliphatic carbocycles. The van der Waals surface area contributed by atoms with Crippen LogP contribution in [0.5, 0.6) is 0 Å². The fraction of sp³-hybridized carbons (Fsp3) is 0.536. The van der Waals surface area contributed by atoms with Gasteiger partial charge in [-0.3, -0.25) is 9.88 Å². The average molecular weight is 452 g/mol. The molecule has 2 heterocycles. The van der Waals surface area contributed by atoms with Crippen LogP contribution < -0.4 is 0 Å². The van der Waals surface area contributed by atoms with E-state index >= 15 is 0 Å². The number of hydrogen-bond donors (Lipinski definition) is 0. The van der Waals surface area contributed by atoms with Crippen molar-refractivity contribution >= 4 is 28.6 Å². The molecular weight excluding hydrogens is 414 g/mol. The van der Waals surface area contributed by atoms with Gasteiger partial charge in [0.15, 0.2) is 0 Å². The van der Waals surface area contributed by atoms with Crippen LogP contribution in [0.15, 0.2) is 37.1 Å². The molecule has 0 radical (unpaired) electrons. The normalized spacial score (nSPS) is 19.3. The standard InChI is InChI=1S/C15H14ClN.C13H24N2/c1-2-10-7-8-12-14(9-10)17-13-6-4-3-5-11(13)15(12)16;1-4-5-6-12(2)15-10-9-14(3)13(11-15)7-8-13/h2,7-9H,1,3-6H2;2,4-11H2,1,3H3. The monoisotopic (exact) mass is 451 g/mol. The first kappa shape index (κ1) is 23.3. The number of hydrogen-bond acceptors (Lipinski definition) is 3. The molecule has 2 fully saturated rings. The highest BCUT2D eigenvalue weighted by Crippen LogP contribution is 2.44. The number of fused-ring (bicyclic) bond motifs is 2. The van der Waals surface area contributed by atoms with Crippen molar-refractivity contribution in [2.45, 2.75) is 70.3 Å². The van der Waals surface area contributed by atoms with Gasteiger partial charge in [-0.2, -0.15) is 0 Å². The summed E-state index contributed by atoms with van der Waals surface area (Å²) in [6, 6.07) is 6.15. The molecule has 5 rings (SSSR count). The van der Waals surface area contributed by atoms with Crippen LogP contribution >= 0.6 is 11.6 Å². The lowest BCUT2D eigenvalue weighted by molar-refractivity contribution is 0.100. The number of pyridine rings is 1. The number of allylic oxidation sites excluding steroid dienone is 1. The molecule has 1 saturated carbocycles. The summed E-state index contributed by atoms with van der Waals surface area (Å²) in [5, 5.41) is 1.97. The van der Waals surface area contributed by atoms with Gasteiger partial charge in [0.05, 0.1) is 10.5 Å². The van der Waals surface area contributed by atoms with Crippen molar-refractivity contribution in [1.82, 2.24) is 14.8 Å².